The lowest BCUT2D eigenvalue weighted by molar-refractivity contribution is 0.0746. The Morgan fingerprint density at radius 2 is 1.79 bits per heavy atom. The number of carbonyl (C=O) groups is 1. The third kappa shape index (κ3) is 4.21. The summed E-state index contributed by atoms with van der Waals surface area (Å²) in [4.78, 5) is 21.6. The summed E-state index contributed by atoms with van der Waals surface area (Å²) in [6.45, 7) is 3.10. The molecule has 148 valence electrons. The van der Waals surface area contributed by atoms with E-state index in [-0.39, 0.29) is 5.91 Å². The number of piperazine rings is 1. The maximum absolute atomic E-state index is 13.0. The zero-order valence-corrected chi connectivity index (χ0v) is 16.4. The second kappa shape index (κ2) is 8.50. The molecular formula is C22H28N4O2. The van der Waals surface area contributed by atoms with Crippen molar-refractivity contribution in [3.63, 3.8) is 0 Å². The molecule has 2 fully saturated rings. The molecule has 0 atom stereocenters. The van der Waals surface area contributed by atoms with Crippen LogP contribution in [0.2, 0.25) is 0 Å². The fraction of sp³-hybridized carbons (Fsp3) is 0.455. The van der Waals surface area contributed by atoms with Crippen LogP contribution in [0.25, 0.3) is 0 Å². The molecule has 1 aromatic heterocycles. The Labute approximate surface area is 166 Å². The van der Waals surface area contributed by atoms with Crippen molar-refractivity contribution >= 4 is 17.4 Å². The molecule has 4 rings (SSSR count). The number of hydrogen-bond donors (Lipinski definition) is 1. The molecule has 1 aliphatic carbocycles. The van der Waals surface area contributed by atoms with E-state index >= 15 is 0 Å². The fourth-order valence-corrected chi connectivity index (χ4v) is 4.07. The molecule has 2 aromatic rings. The number of benzene rings is 1. The lowest BCUT2D eigenvalue weighted by Gasteiger charge is -2.36. The van der Waals surface area contributed by atoms with Gasteiger partial charge in [0.05, 0.1) is 7.11 Å². The summed E-state index contributed by atoms with van der Waals surface area (Å²) in [5.41, 5.74) is 1.88. The normalized spacial score (nSPS) is 17.6. The van der Waals surface area contributed by atoms with Crippen molar-refractivity contribution in [1.82, 2.24) is 9.88 Å². The first-order chi connectivity index (χ1) is 13.7. The average molecular weight is 380 g/mol. The van der Waals surface area contributed by atoms with Crippen LogP contribution in [0.3, 0.4) is 0 Å². The molecule has 6 heteroatoms. The number of rotatable bonds is 5. The molecule has 6 nitrogen and oxygen atoms in total. The molecule has 0 radical (unpaired) electrons. The zero-order chi connectivity index (χ0) is 19.3. The van der Waals surface area contributed by atoms with Crippen LogP contribution in [0.4, 0.5) is 11.5 Å². The van der Waals surface area contributed by atoms with Crippen LogP contribution in [-0.4, -0.2) is 55.1 Å². The second-order valence-electron chi connectivity index (χ2n) is 7.53. The Balaban J connectivity index is 1.35. The number of nitrogens with zero attached hydrogens (tertiary/aromatic N) is 3. The highest BCUT2D eigenvalue weighted by atomic mass is 16.5. The lowest BCUT2D eigenvalue weighted by atomic mass is 10.2. The highest BCUT2D eigenvalue weighted by Gasteiger charge is 2.23. The van der Waals surface area contributed by atoms with Crippen LogP contribution in [0.5, 0.6) is 5.75 Å². The molecule has 1 aromatic carbocycles. The second-order valence-corrected chi connectivity index (χ2v) is 7.53. The summed E-state index contributed by atoms with van der Waals surface area (Å²) >= 11 is 0. The van der Waals surface area contributed by atoms with Crippen molar-refractivity contribution in [3.05, 3.63) is 48.2 Å². The summed E-state index contributed by atoms with van der Waals surface area (Å²) in [6.07, 6.45) is 6.65. The highest BCUT2D eigenvalue weighted by Crippen LogP contribution is 2.23. The number of methoxy groups -OCH3 is 1. The third-order valence-electron chi connectivity index (χ3n) is 5.72. The van der Waals surface area contributed by atoms with E-state index in [9.17, 15) is 4.79 Å². The number of anilines is 2. The van der Waals surface area contributed by atoms with Crippen molar-refractivity contribution in [2.24, 2.45) is 0 Å². The summed E-state index contributed by atoms with van der Waals surface area (Å²) in [6, 6.07) is 12.3. The first-order valence-electron chi connectivity index (χ1n) is 10.1. The number of hydrogen-bond acceptors (Lipinski definition) is 5. The van der Waals surface area contributed by atoms with Crippen LogP contribution in [-0.2, 0) is 0 Å². The van der Waals surface area contributed by atoms with Gasteiger partial charge in [-0.05, 0) is 49.2 Å². The Kier molecular flexibility index (Phi) is 5.65. The number of carbonyl (C=O) groups excluding carboxylic acids is 1. The monoisotopic (exact) mass is 380 g/mol. The van der Waals surface area contributed by atoms with Gasteiger partial charge in [0.25, 0.3) is 5.91 Å². The van der Waals surface area contributed by atoms with E-state index in [1.807, 2.05) is 29.2 Å². The van der Waals surface area contributed by atoms with Gasteiger partial charge in [-0.1, -0.05) is 12.8 Å². The molecule has 2 aliphatic rings. The van der Waals surface area contributed by atoms with Gasteiger partial charge < -0.3 is 19.9 Å². The quantitative estimate of drug-likeness (QED) is 0.861. The number of aromatic nitrogens is 1. The lowest BCUT2D eigenvalue weighted by Crippen LogP contribution is -2.48. The third-order valence-corrected chi connectivity index (χ3v) is 5.72. The molecule has 1 saturated carbocycles. The number of ether oxygens (including phenoxy) is 1. The van der Waals surface area contributed by atoms with Crippen LogP contribution < -0.4 is 15.0 Å². The fourth-order valence-electron chi connectivity index (χ4n) is 4.07. The van der Waals surface area contributed by atoms with Gasteiger partial charge in [0.2, 0.25) is 0 Å². The van der Waals surface area contributed by atoms with Gasteiger partial charge in [-0.2, -0.15) is 0 Å². The molecule has 0 unspecified atom stereocenters. The van der Waals surface area contributed by atoms with E-state index in [4.69, 9.17) is 4.74 Å². The topological polar surface area (TPSA) is 57.7 Å². The van der Waals surface area contributed by atoms with Gasteiger partial charge in [-0.25, -0.2) is 4.98 Å². The van der Waals surface area contributed by atoms with Crippen LogP contribution in [0.1, 0.15) is 36.0 Å². The van der Waals surface area contributed by atoms with E-state index in [0.29, 0.717) is 11.6 Å². The van der Waals surface area contributed by atoms with E-state index in [0.717, 1.165) is 37.7 Å². The van der Waals surface area contributed by atoms with Crippen molar-refractivity contribution in [3.8, 4) is 5.75 Å². The standard InChI is InChI=1S/C22H28N4O2/c1-28-20-8-6-19(7-9-20)25-12-14-26(15-13-25)22(27)17-10-11-23-21(16-17)24-18-4-2-3-5-18/h6-11,16,18H,2-5,12-15H2,1H3,(H,23,24). The largest absolute Gasteiger partial charge is 0.497 e. The number of pyridine rings is 1. The minimum absolute atomic E-state index is 0.0891. The average Bonchev–Trinajstić information content (AvgIpc) is 3.27. The Morgan fingerprint density at radius 1 is 1.07 bits per heavy atom. The van der Waals surface area contributed by atoms with Gasteiger partial charge in [0.1, 0.15) is 11.6 Å². The molecule has 1 saturated heterocycles. The molecular weight excluding hydrogens is 352 g/mol. The Hall–Kier alpha value is -2.76. The molecule has 1 N–H and O–H groups in total. The molecule has 28 heavy (non-hydrogen) atoms. The van der Waals surface area contributed by atoms with Gasteiger partial charge in [0, 0.05) is 49.7 Å². The molecule has 1 amide bonds. The van der Waals surface area contributed by atoms with Crippen molar-refractivity contribution in [1.29, 1.82) is 0 Å². The molecule has 1 aliphatic heterocycles. The molecule has 0 bridgehead atoms. The van der Waals surface area contributed by atoms with E-state index < -0.39 is 0 Å². The van der Waals surface area contributed by atoms with Crippen molar-refractivity contribution in [2.45, 2.75) is 31.7 Å². The van der Waals surface area contributed by atoms with Crippen molar-refractivity contribution < 1.29 is 9.53 Å². The van der Waals surface area contributed by atoms with Gasteiger partial charge in [-0.15, -0.1) is 0 Å². The number of nitrogens with one attached hydrogen (secondary N) is 1. The first-order valence-corrected chi connectivity index (χ1v) is 10.1. The predicted molar refractivity (Wildman–Crippen MR) is 111 cm³/mol. The maximum atomic E-state index is 13.0. The van der Waals surface area contributed by atoms with Crippen LogP contribution >= 0.6 is 0 Å². The number of amides is 1. The van der Waals surface area contributed by atoms with Crippen LogP contribution in [0, 0.1) is 0 Å². The minimum atomic E-state index is 0.0891. The van der Waals surface area contributed by atoms with Crippen molar-refractivity contribution in [2.75, 3.05) is 43.5 Å². The molecule has 2 heterocycles. The summed E-state index contributed by atoms with van der Waals surface area (Å²) in [5, 5.41) is 3.48. The highest BCUT2D eigenvalue weighted by molar-refractivity contribution is 5.95. The van der Waals surface area contributed by atoms with Gasteiger partial charge >= 0.3 is 0 Å². The summed E-state index contributed by atoms with van der Waals surface area (Å²) in [7, 11) is 1.67. The Morgan fingerprint density at radius 3 is 2.46 bits per heavy atom. The minimum Gasteiger partial charge on any atom is -0.497 e. The summed E-state index contributed by atoms with van der Waals surface area (Å²) < 4.78 is 5.22. The van der Waals surface area contributed by atoms with Gasteiger partial charge in [-0.3, -0.25) is 4.79 Å². The zero-order valence-electron chi connectivity index (χ0n) is 16.4. The maximum Gasteiger partial charge on any atom is 0.254 e. The summed E-state index contributed by atoms with van der Waals surface area (Å²) in [5.74, 6) is 1.76. The van der Waals surface area contributed by atoms with E-state index in [1.165, 1.54) is 31.4 Å². The Bertz CT molecular complexity index is 794. The van der Waals surface area contributed by atoms with Gasteiger partial charge in [0.15, 0.2) is 0 Å². The van der Waals surface area contributed by atoms with E-state index in [2.05, 4.69) is 27.3 Å². The SMILES string of the molecule is COc1ccc(N2CCN(C(=O)c3ccnc(NC4CCCC4)c3)CC2)cc1. The smallest absolute Gasteiger partial charge is 0.254 e. The van der Waals surface area contributed by atoms with E-state index in [1.54, 1.807) is 13.3 Å². The first kappa shape index (κ1) is 18.6. The molecule has 0 spiro atoms. The predicted octanol–water partition coefficient (Wildman–Crippen LogP) is 3.41. The van der Waals surface area contributed by atoms with Crippen LogP contribution in [0.15, 0.2) is 42.6 Å².